The number of aryl methyl sites for hydroxylation is 1. The number of hydrogen-bond donors (Lipinski definition) is 1. The molecule has 1 N–H and O–H groups in total. The summed E-state index contributed by atoms with van der Waals surface area (Å²) in [6.45, 7) is 3.79. The van der Waals surface area contributed by atoms with Crippen molar-refractivity contribution < 1.29 is 9.50 Å². The molecule has 0 saturated carbocycles. The molecule has 2 aromatic heterocycles. The summed E-state index contributed by atoms with van der Waals surface area (Å²) >= 11 is 0. The third kappa shape index (κ3) is 4.14. The normalized spacial score (nSPS) is 15.8. The van der Waals surface area contributed by atoms with Crippen molar-refractivity contribution >= 4 is 0 Å². The first-order chi connectivity index (χ1) is 14.5. The Hall–Kier alpha value is -2.99. The highest BCUT2D eigenvalue weighted by Gasteiger charge is 2.30. The van der Waals surface area contributed by atoms with Crippen LogP contribution in [0.15, 0.2) is 59.5 Å². The van der Waals surface area contributed by atoms with Crippen LogP contribution in [0.4, 0.5) is 4.39 Å². The first kappa shape index (κ1) is 20.3. The van der Waals surface area contributed by atoms with E-state index in [4.69, 9.17) is 0 Å². The number of benzene rings is 1. The monoisotopic (exact) mass is 407 g/mol. The lowest BCUT2D eigenvalue weighted by Crippen LogP contribution is -2.39. The summed E-state index contributed by atoms with van der Waals surface area (Å²) in [6.07, 6.45) is 4.92. The van der Waals surface area contributed by atoms with Crippen molar-refractivity contribution in [2.45, 2.75) is 38.8 Å². The lowest BCUT2D eigenvalue weighted by molar-refractivity contribution is 0.183. The fraction of sp³-hybridized carbons (Fsp3) is 0.333. The molecule has 156 valence electrons. The van der Waals surface area contributed by atoms with Gasteiger partial charge in [0.1, 0.15) is 11.6 Å². The third-order valence-electron chi connectivity index (χ3n) is 5.78. The largest absolute Gasteiger partial charge is 0.507 e. The zero-order chi connectivity index (χ0) is 21.1. The van der Waals surface area contributed by atoms with Crippen molar-refractivity contribution in [1.82, 2.24) is 14.5 Å². The van der Waals surface area contributed by atoms with Gasteiger partial charge in [0, 0.05) is 11.9 Å². The van der Waals surface area contributed by atoms with Gasteiger partial charge < -0.3 is 9.67 Å². The SMILES string of the molecule is Cc1cc(O)c(C(c2ccc(F)cc2)N2CCCCC2)c(=O)n1Cc1ccccn1. The second-order valence-electron chi connectivity index (χ2n) is 7.85. The zero-order valence-corrected chi connectivity index (χ0v) is 17.1. The van der Waals surface area contributed by atoms with Crippen LogP contribution < -0.4 is 5.56 Å². The van der Waals surface area contributed by atoms with E-state index in [1.807, 2.05) is 25.1 Å². The number of aromatic hydroxyl groups is 1. The number of halogens is 1. The standard InChI is InChI=1S/C24H26FN3O2/c1-17-15-21(29)22(24(30)28(17)16-20-7-3-4-12-26-20)23(27-13-5-2-6-14-27)18-8-10-19(25)11-9-18/h3-4,7-12,15,23,29H,2,5-6,13-14,16H2,1H3. The van der Waals surface area contributed by atoms with Crippen molar-refractivity contribution in [3.05, 3.63) is 93.4 Å². The number of nitrogens with zero attached hydrogens (tertiary/aromatic N) is 3. The van der Waals surface area contributed by atoms with E-state index < -0.39 is 6.04 Å². The minimum atomic E-state index is -0.422. The van der Waals surface area contributed by atoms with E-state index in [1.165, 1.54) is 12.1 Å². The molecule has 0 spiro atoms. The average Bonchev–Trinajstić information content (AvgIpc) is 2.76. The van der Waals surface area contributed by atoms with Crippen molar-refractivity contribution in [2.75, 3.05) is 13.1 Å². The van der Waals surface area contributed by atoms with Gasteiger partial charge in [0.05, 0.1) is 23.8 Å². The molecule has 0 bridgehead atoms. The summed E-state index contributed by atoms with van der Waals surface area (Å²) in [5.74, 6) is -0.341. The van der Waals surface area contributed by atoms with Crippen LogP contribution in [0.2, 0.25) is 0 Å². The van der Waals surface area contributed by atoms with Crippen molar-refractivity contribution in [3.8, 4) is 5.75 Å². The van der Waals surface area contributed by atoms with Gasteiger partial charge in [-0.1, -0.05) is 24.6 Å². The van der Waals surface area contributed by atoms with Gasteiger partial charge in [0.15, 0.2) is 0 Å². The number of rotatable bonds is 5. The minimum Gasteiger partial charge on any atom is -0.507 e. The molecule has 4 rings (SSSR count). The maximum absolute atomic E-state index is 13.6. The van der Waals surface area contributed by atoms with E-state index in [1.54, 1.807) is 29.0 Å². The van der Waals surface area contributed by atoms with E-state index in [0.29, 0.717) is 17.8 Å². The van der Waals surface area contributed by atoms with Crippen molar-refractivity contribution in [2.24, 2.45) is 0 Å². The number of hydrogen-bond acceptors (Lipinski definition) is 4. The van der Waals surface area contributed by atoms with Gasteiger partial charge in [0.2, 0.25) is 0 Å². The topological polar surface area (TPSA) is 58.4 Å². The second kappa shape index (κ2) is 8.79. The molecule has 1 atom stereocenters. The highest BCUT2D eigenvalue weighted by molar-refractivity contribution is 5.41. The van der Waals surface area contributed by atoms with Gasteiger partial charge in [0.25, 0.3) is 5.56 Å². The molecular formula is C24H26FN3O2. The Morgan fingerprint density at radius 2 is 1.83 bits per heavy atom. The molecule has 1 fully saturated rings. The number of likely N-dealkylation sites (tertiary alicyclic amines) is 1. The number of pyridine rings is 2. The Morgan fingerprint density at radius 1 is 1.10 bits per heavy atom. The maximum atomic E-state index is 13.6. The fourth-order valence-electron chi connectivity index (χ4n) is 4.26. The maximum Gasteiger partial charge on any atom is 0.260 e. The van der Waals surface area contributed by atoms with Crippen molar-refractivity contribution in [1.29, 1.82) is 0 Å². The Bertz CT molecular complexity index is 1060. The van der Waals surface area contributed by atoms with Crippen LogP contribution in [0.1, 0.15) is 47.8 Å². The van der Waals surface area contributed by atoms with Crippen LogP contribution in [0.3, 0.4) is 0 Å². The van der Waals surface area contributed by atoms with Gasteiger partial charge >= 0.3 is 0 Å². The highest BCUT2D eigenvalue weighted by atomic mass is 19.1. The highest BCUT2D eigenvalue weighted by Crippen LogP contribution is 2.34. The molecule has 3 aromatic rings. The smallest absolute Gasteiger partial charge is 0.260 e. The number of piperidine rings is 1. The Labute approximate surface area is 175 Å². The minimum absolute atomic E-state index is 0.0188. The molecule has 1 unspecified atom stereocenters. The van der Waals surface area contributed by atoms with E-state index in [-0.39, 0.29) is 17.1 Å². The summed E-state index contributed by atoms with van der Waals surface area (Å²) in [5, 5.41) is 10.8. The predicted octanol–water partition coefficient (Wildman–Crippen LogP) is 4.02. The molecule has 1 aliphatic rings. The molecule has 30 heavy (non-hydrogen) atoms. The third-order valence-corrected chi connectivity index (χ3v) is 5.78. The van der Waals surface area contributed by atoms with Crippen LogP contribution in [-0.4, -0.2) is 32.6 Å². The molecule has 0 aliphatic carbocycles. The van der Waals surface area contributed by atoms with Gasteiger partial charge in [-0.05, 0) is 68.8 Å². The average molecular weight is 407 g/mol. The summed E-state index contributed by atoms with van der Waals surface area (Å²) < 4.78 is 15.2. The quantitative estimate of drug-likeness (QED) is 0.694. The van der Waals surface area contributed by atoms with Crippen LogP contribution in [-0.2, 0) is 6.54 Å². The van der Waals surface area contributed by atoms with Crippen LogP contribution in [0.5, 0.6) is 5.75 Å². The second-order valence-corrected chi connectivity index (χ2v) is 7.85. The van der Waals surface area contributed by atoms with Crippen LogP contribution in [0, 0.1) is 12.7 Å². The van der Waals surface area contributed by atoms with Gasteiger partial charge in [-0.2, -0.15) is 0 Å². The van der Waals surface area contributed by atoms with Crippen LogP contribution >= 0.6 is 0 Å². The summed E-state index contributed by atoms with van der Waals surface area (Å²) in [6, 6.07) is 13.0. The molecular weight excluding hydrogens is 381 g/mol. The molecule has 5 nitrogen and oxygen atoms in total. The summed E-state index contributed by atoms with van der Waals surface area (Å²) in [4.78, 5) is 20.2. The van der Waals surface area contributed by atoms with E-state index >= 15 is 0 Å². The van der Waals surface area contributed by atoms with Crippen molar-refractivity contribution in [3.63, 3.8) is 0 Å². The molecule has 1 aliphatic heterocycles. The van der Waals surface area contributed by atoms with E-state index in [9.17, 15) is 14.3 Å². The van der Waals surface area contributed by atoms with E-state index in [2.05, 4.69) is 9.88 Å². The van der Waals surface area contributed by atoms with Gasteiger partial charge in [-0.15, -0.1) is 0 Å². The molecule has 3 heterocycles. The van der Waals surface area contributed by atoms with Gasteiger partial charge in [-0.3, -0.25) is 14.7 Å². The molecule has 1 aromatic carbocycles. The Balaban J connectivity index is 1.84. The summed E-state index contributed by atoms with van der Waals surface area (Å²) in [7, 11) is 0. The summed E-state index contributed by atoms with van der Waals surface area (Å²) in [5.41, 5.74) is 2.35. The predicted molar refractivity (Wildman–Crippen MR) is 114 cm³/mol. The Morgan fingerprint density at radius 3 is 2.50 bits per heavy atom. The fourth-order valence-corrected chi connectivity index (χ4v) is 4.26. The zero-order valence-electron chi connectivity index (χ0n) is 17.1. The van der Waals surface area contributed by atoms with Gasteiger partial charge in [-0.25, -0.2) is 4.39 Å². The molecule has 0 radical (unpaired) electrons. The first-order valence-electron chi connectivity index (χ1n) is 10.4. The van der Waals surface area contributed by atoms with Crippen LogP contribution in [0.25, 0.3) is 0 Å². The lowest BCUT2D eigenvalue weighted by atomic mass is 9.94. The van der Waals surface area contributed by atoms with E-state index in [0.717, 1.165) is 43.6 Å². The number of aromatic nitrogens is 2. The Kier molecular flexibility index (Phi) is 5.95. The molecule has 0 amide bonds. The first-order valence-corrected chi connectivity index (χ1v) is 10.4. The molecule has 6 heteroatoms. The molecule has 1 saturated heterocycles. The lowest BCUT2D eigenvalue weighted by Gasteiger charge is -2.35.